The number of likely N-dealkylation sites (N-methyl/N-ethyl adjacent to an activating group) is 1. The first-order valence-electron chi connectivity index (χ1n) is 9.92. The predicted molar refractivity (Wildman–Crippen MR) is 122 cm³/mol. The third-order valence-corrected chi connectivity index (χ3v) is 5.05. The Morgan fingerprint density at radius 1 is 1.13 bits per heavy atom. The van der Waals surface area contributed by atoms with E-state index in [2.05, 4.69) is 0 Å². The molecule has 0 fully saturated rings. The number of benzene rings is 2. The molecule has 0 saturated carbocycles. The van der Waals surface area contributed by atoms with E-state index in [1.807, 2.05) is 24.3 Å². The molecule has 1 unspecified atom stereocenters. The first kappa shape index (κ1) is 24.4. The number of rotatable bonds is 11. The second-order valence-corrected chi connectivity index (χ2v) is 7.10. The van der Waals surface area contributed by atoms with Crippen LogP contribution < -0.4 is 9.64 Å². The number of methoxy groups -OCH3 is 1. The van der Waals surface area contributed by atoms with Gasteiger partial charge in [-0.15, -0.1) is 0 Å². The molecule has 2 aromatic rings. The molecule has 2 rings (SSSR count). The van der Waals surface area contributed by atoms with Gasteiger partial charge in [0, 0.05) is 12.2 Å². The Hall–Kier alpha value is -2.84. The third kappa shape index (κ3) is 7.11. The van der Waals surface area contributed by atoms with Crippen molar-refractivity contribution in [2.75, 3.05) is 32.2 Å². The maximum absolute atomic E-state index is 13.3. The summed E-state index contributed by atoms with van der Waals surface area (Å²) in [7, 11) is 3.38. The molecule has 0 bridgehead atoms. The standard InChI is InChI=1S/C23H27FN2O4S/c1-4-30-22(27)15-21(23(28)26(16-31)19-9-7-18(24)8-10-19)25(2)14-13-17-5-11-20(29-3)12-6-17/h5-12,16,21H,4,13-15H2,1-3H3. The normalized spacial score (nSPS) is 11.6. The zero-order valence-corrected chi connectivity index (χ0v) is 18.7. The summed E-state index contributed by atoms with van der Waals surface area (Å²) in [5, 5.41) is 0. The minimum atomic E-state index is -0.790. The first-order chi connectivity index (χ1) is 14.9. The highest BCUT2D eigenvalue weighted by Gasteiger charge is 2.30. The molecule has 0 aliphatic rings. The van der Waals surface area contributed by atoms with Gasteiger partial charge in [0.25, 0.3) is 0 Å². The molecule has 0 aromatic heterocycles. The molecule has 2 aromatic carbocycles. The molecule has 6 nitrogen and oxygen atoms in total. The molecule has 8 heteroatoms. The van der Waals surface area contributed by atoms with Crippen LogP contribution in [-0.2, 0) is 20.7 Å². The number of hydrogen-bond donors (Lipinski definition) is 0. The van der Waals surface area contributed by atoms with Crippen LogP contribution in [-0.4, -0.2) is 55.6 Å². The summed E-state index contributed by atoms with van der Waals surface area (Å²) in [6.45, 7) is 2.46. The van der Waals surface area contributed by atoms with E-state index in [9.17, 15) is 14.0 Å². The average molecular weight is 447 g/mol. The number of thiocarbonyl (C=S) groups is 1. The molecular formula is C23H27FN2O4S. The van der Waals surface area contributed by atoms with E-state index in [1.54, 1.807) is 26.0 Å². The SMILES string of the molecule is CCOC(=O)CC(C(=O)N(C=S)c1ccc(F)cc1)N(C)CCc1ccc(OC)cc1. The molecule has 0 radical (unpaired) electrons. The van der Waals surface area contributed by atoms with Crippen LogP contribution in [0.15, 0.2) is 48.5 Å². The minimum absolute atomic E-state index is 0.118. The molecule has 0 saturated heterocycles. The van der Waals surface area contributed by atoms with E-state index >= 15 is 0 Å². The van der Waals surface area contributed by atoms with Gasteiger partial charge in [0.2, 0.25) is 5.91 Å². The largest absolute Gasteiger partial charge is 0.497 e. The van der Waals surface area contributed by atoms with Crippen LogP contribution >= 0.6 is 12.2 Å². The van der Waals surface area contributed by atoms with E-state index in [1.165, 1.54) is 34.7 Å². The van der Waals surface area contributed by atoms with Crippen LogP contribution in [0.3, 0.4) is 0 Å². The van der Waals surface area contributed by atoms with E-state index in [-0.39, 0.29) is 18.9 Å². The van der Waals surface area contributed by atoms with Crippen molar-refractivity contribution in [1.82, 2.24) is 4.90 Å². The minimum Gasteiger partial charge on any atom is -0.497 e. The van der Waals surface area contributed by atoms with Crippen LogP contribution in [0.25, 0.3) is 0 Å². The Labute approximate surface area is 187 Å². The number of amides is 1. The number of hydrogen-bond acceptors (Lipinski definition) is 6. The summed E-state index contributed by atoms with van der Waals surface area (Å²) in [4.78, 5) is 28.5. The summed E-state index contributed by atoms with van der Waals surface area (Å²) >= 11 is 5.04. The summed E-state index contributed by atoms with van der Waals surface area (Å²) in [6.07, 6.45) is 0.549. The Kier molecular flexibility index (Phi) is 9.55. The quantitative estimate of drug-likeness (QED) is 0.388. The van der Waals surface area contributed by atoms with E-state index in [0.29, 0.717) is 18.7 Å². The highest BCUT2D eigenvalue weighted by Crippen LogP contribution is 2.19. The molecule has 0 heterocycles. The van der Waals surface area contributed by atoms with Gasteiger partial charge in [-0.3, -0.25) is 19.4 Å². The fraction of sp³-hybridized carbons (Fsp3) is 0.348. The first-order valence-corrected chi connectivity index (χ1v) is 10.4. The van der Waals surface area contributed by atoms with Crippen molar-refractivity contribution in [2.45, 2.75) is 25.8 Å². The third-order valence-electron chi connectivity index (χ3n) is 4.84. The number of halogens is 1. The lowest BCUT2D eigenvalue weighted by Crippen LogP contribution is -2.48. The highest BCUT2D eigenvalue weighted by molar-refractivity contribution is 7.79. The Bertz CT molecular complexity index is 874. The predicted octanol–water partition coefficient (Wildman–Crippen LogP) is 3.62. The number of anilines is 1. The highest BCUT2D eigenvalue weighted by atomic mass is 32.1. The summed E-state index contributed by atoms with van der Waals surface area (Å²) in [6, 6.07) is 12.3. The Morgan fingerprint density at radius 3 is 2.32 bits per heavy atom. The van der Waals surface area contributed by atoms with Gasteiger partial charge in [0.1, 0.15) is 17.6 Å². The van der Waals surface area contributed by atoms with Crippen molar-refractivity contribution in [3.05, 3.63) is 59.9 Å². The van der Waals surface area contributed by atoms with Gasteiger partial charge in [-0.05, 0) is 62.4 Å². The van der Waals surface area contributed by atoms with Crippen molar-refractivity contribution < 1.29 is 23.5 Å². The number of nitrogens with zero attached hydrogens (tertiary/aromatic N) is 2. The topological polar surface area (TPSA) is 59.1 Å². The lowest BCUT2D eigenvalue weighted by molar-refractivity contribution is -0.146. The number of ether oxygens (including phenoxy) is 2. The maximum Gasteiger partial charge on any atom is 0.307 e. The van der Waals surface area contributed by atoms with Crippen LogP contribution in [0.4, 0.5) is 10.1 Å². The van der Waals surface area contributed by atoms with Crippen LogP contribution in [0.5, 0.6) is 5.75 Å². The summed E-state index contributed by atoms with van der Waals surface area (Å²) < 4.78 is 23.5. The second kappa shape index (κ2) is 12.1. The lowest BCUT2D eigenvalue weighted by Gasteiger charge is -2.30. The van der Waals surface area contributed by atoms with Crippen molar-refractivity contribution in [2.24, 2.45) is 0 Å². The number of esters is 1. The zero-order valence-electron chi connectivity index (χ0n) is 17.9. The molecule has 1 amide bonds. The van der Waals surface area contributed by atoms with Gasteiger partial charge in [0.05, 0.1) is 25.6 Å². The molecule has 166 valence electrons. The lowest BCUT2D eigenvalue weighted by atomic mass is 10.1. The van der Waals surface area contributed by atoms with Crippen LogP contribution in [0.1, 0.15) is 18.9 Å². The maximum atomic E-state index is 13.3. The molecule has 0 aliphatic carbocycles. The fourth-order valence-electron chi connectivity index (χ4n) is 3.07. The van der Waals surface area contributed by atoms with Gasteiger partial charge < -0.3 is 9.47 Å². The van der Waals surface area contributed by atoms with E-state index < -0.39 is 17.8 Å². The van der Waals surface area contributed by atoms with Gasteiger partial charge >= 0.3 is 5.97 Å². The van der Waals surface area contributed by atoms with E-state index in [4.69, 9.17) is 21.7 Å². The fourth-order valence-corrected chi connectivity index (χ4v) is 3.29. The van der Waals surface area contributed by atoms with E-state index in [0.717, 1.165) is 11.3 Å². The zero-order chi connectivity index (χ0) is 22.8. The van der Waals surface area contributed by atoms with Crippen LogP contribution in [0, 0.1) is 5.82 Å². The summed E-state index contributed by atoms with van der Waals surface area (Å²) in [5.74, 6) is -0.504. The molecule has 0 spiro atoms. The molecule has 0 aliphatic heterocycles. The number of carbonyl (C=O) groups excluding carboxylic acids is 2. The van der Waals surface area contributed by atoms with Crippen LogP contribution in [0.2, 0.25) is 0 Å². The molecule has 31 heavy (non-hydrogen) atoms. The summed E-state index contributed by atoms with van der Waals surface area (Å²) in [5.41, 5.74) is 2.70. The van der Waals surface area contributed by atoms with Crippen molar-refractivity contribution in [3.63, 3.8) is 0 Å². The monoisotopic (exact) mass is 446 g/mol. The Balaban J connectivity index is 2.18. The second-order valence-electron chi connectivity index (χ2n) is 6.89. The Morgan fingerprint density at radius 2 is 1.77 bits per heavy atom. The number of carbonyl (C=O) groups is 2. The molecule has 1 atom stereocenters. The van der Waals surface area contributed by atoms with Crippen molar-refractivity contribution in [1.29, 1.82) is 0 Å². The van der Waals surface area contributed by atoms with Crippen molar-refractivity contribution >= 4 is 35.3 Å². The van der Waals surface area contributed by atoms with Gasteiger partial charge in [0.15, 0.2) is 0 Å². The van der Waals surface area contributed by atoms with Gasteiger partial charge in [-0.1, -0.05) is 24.4 Å². The average Bonchev–Trinajstić information content (AvgIpc) is 2.78. The van der Waals surface area contributed by atoms with Gasteiger partial charge in [-0.2, -0.15) is 0 Å². The van der Waals surface area contributed by atoms with Gasteiger partial charge in [-0.25, -0.2) is 4.39 Å². The smallest absolute Gasteiger partial charge is 0.307 e. The molecule has 0 N–H and O–H groups in total. The van der Waals surface area contributed by atoms with Crippen molar-refractivity contribution in [3.8, 4) is 5.75 Å². The molecular weight excluding hydrogens is 419 g/mol.